The van der Waals surface area contributed by atoms with Gasteiger partial charge < -0.3 is 9.80 Å². The quantitative estimate of drug-likeness (QED) is 0.687. The highest BCUT2D eigenvalue weighted by Crippen LogP contribution is 2.43. The van der Waals surface area contributed by atoms with Crippen molar-refractivity contribution in [1.82, 2.24) is 9.80 Å². The van der Waals surface area contributed by atoms with Gasteiger partial charge in [-0.15, -0.1) is 0 Å². The van der Waals surface area contributed by atoms with Crippen LogP contribution in [0.1, 0.15) is 67.4 Å². The molecule has 0 aliphatic carbocycles. The van der Waals surface area contributed by atoms with E-state index in [9.17, 15) is 14.4 Å². The third-order valence-electron chi connectivity index (χ3n) is 6.79. The van der Waals surface area contributed by atoms with Crippen LogP contribution < -0.4 is 4.90 Å². The van der Waals surface area contributed by atoms with Gasteiger partial charge in [-0.1, -0.05) is 50.2 Å². The molecule has 2 aromatic carbocycles. The van der Waals surface area contributed by atoms with E-state index in [4.69, 9.17) is 0 Å². The van der Waals surface area contributed by atoms with Crippen LogP contribution in [-0.2, 0) is 16.1 Å². The lowest BCUT2D eigenvalue weighted by atomic mass is 9.98. The van der Waals surface area contributed by atoms with E-state index < -0.39 is 5.66 Å². The maximum atomic E-state index is 13.3. The van der Waals surface area contributed by atoms with Gasteiger partial charge in [-0.25, -0.2) is 0 Å². The highest BCUT2D eigenvalue weighted by molar-refractivity contribution is 6.10. The van der Waals surface area contributed by atoms with Crippen LogP contribution in [0, 0.1) is 0 Å². The molecule has 1 saturated heterocycles. The molecule has 0 radical (unpaired) electrons. The molecular weight excluding hydrogens is 402 g/mol. The van der Waals surface area contributed by atoms with Crippen LogP contribution in [0.3, 0.4) is 0 Å². The molecule has 1 atom stereocenters. The van der Waals surface area contributed by atoms with Crippen LogP contribution in [0.5, 0.6) is 0 Å². The van der Waals surface area contributed by atoms with Crippen molar-refractivity contribution in [3.63, 3.8) is 0 Å². The SMILES string of the molecule is CC(C)c1ccc(CN(C)C(=O)CCN2C(=O)c3ccccc3N3C(=O)CCC23C)cc1. The van der Waals surface area contributed by atoms with Crippen molar-refractivity contribution < 1.29 is 14.4 Å². The van der Waals surface area contributed by atoms with Crippen molar-refractivity contribution in [1.29, 1.82) is 0 Å². The molecule has 168 valence electrons. The van der Waals surface area contributed by atoms with E-state index in [-0.39, 0.29) is 30.7 Å². The predicted molar refractivity (Wildman–Crippen MR) is 124 cm³/mol. The van der Waals surface area contributed by atoms with E-state index in [0.29, 0.717) is 36.6 Å². The fraction of sp³-hybridized carbons (Fsp3) is 0.423. The normalized spacial score (nSPS) is 19.9. The molecule has 0 bridgehead atoms. The highest BCUT2D eigenvalue weighted by Gasteiger charge is 2.52. The standard InChI is InChI=1S/C26H31N3O3/c1-18(2)20-11-9-19(10-12-20)17-27(4)23(30)14-16-28-25(32)21-7-5-6-8-22(21)29-24(31)13-15-26(28,29)3/h5-12,18H,13-17H2,1-4H3. The molecular formula is C26H31N3O3. The summed E-state index contributed by atoms with van der Waals surface area (Å²) in [4.78, 5) is 44.0. The van der Waals surface area contributed by atoms with Crippen LogP contribution in [0.15, 0.2) is 48.5 Å². The maximum absolute atomic E-state index is 13.3. The Labute approximate surface area is 189 Å². The molecule has 4 rings (SSSR count). The smallest absolute Gasteiger partial charge is 0.257 e. The van der Waals surface area contributed by atoms with Gasteiger partial charge >= 0.3 is 0 Å². The summed E-state index contributed by atoms with van der Waals surface area (Å²) in [7, 11) is 1.79. The third kappa shape index (κ3) is 3.78. The van der Waals surface area contributed by atoms with E-state index in [0.717, 1.165) is 5.56 Å². The van der Waals surface area contributed by atoms with E-state index in [1.807, 2.05) is 25.1 Å². The summed E-state index contributed by atoms with van der Waals surface area (Å²) in [6.07, 6.45) is 1.18. The lowest BCUT2D eigenvalue weighted by Gasteiger charge is -2.48. The number of amides is 3. The van der Waals surface area contributed by atoms with Crippen molar-refractivity contribution in [3.05, 3.63) is 65.2 Å². The number of para-hydroxylation sites is 1. The van der Waals surface area contributed by atoms with Gasteiger partial charge in [0, 0.05) is 33.0 Å². The zero-order valence-corrected chi connectivity index (χ0v) is 19.3. The summed E-state index contributed by atoms with van der Waals surface area (Å²) < 4.78 is 0. The van der Waals surface area contributed by atoms with Crippen LogP contribution in [-0.4, -0.2) is 46.8 Å². The molecule has 1 fully saturated rings. The zero-order chi connectivity index (χ0) is 23.0. The van der Waals surface area contributed by atoms with Crippen molar-refractivity contribution >= 4 is 23.4 Å². The number of anilines is 1. The summed E-state index contributed by atoms with van der Waals surface area (Å²) in [6.45, 7) is 7.05. The van der Waals surface area contributed by atoms with Crippen molar-refractivity contribution in [3.8, 4) is 0 Å². The molecule has 6 nitrogen and oxygen atoms in total. The zero-order valence-electron chi connectivity index (χ0n) is 19.3. The first kappa shape index (κ1) is 22.1. The van der Waals surface area contributed by atoms with E-state index in [2.05, 4.69) is 38.1 Å². The number of benzene rings is 2. The van der Waals surface area contributed by atoms with Crippen molar-refractivity contribution in [2.45, 2.75) is 58.2 Å². The van der Waals surface area contributed by atoms with Gasteiger partial charge in [0.25, 0.3) is 5.91 Å². The summed E-state index contributed by atoms with van der Waals surface area (Å²) in [5.74, 6) is 0.350. The minimum atomic E-state index is -0.728. The lowest BCUT2D eigenvalue weighted by molar-refractivity contribution is -0.130. The molecule has 2 heterocycles. The Bertz CT molecular complexity index is 1050. The second-order valence-electron chi connectivity index (χ2n) is 9.32. The first-order valence-corrected chi connectivity index (χ1v) is 11.3. The van der Waals surface area contributed by atoms with E-state index in [1.165, 1.54) is 5.56 Å². The van der Waals surface area contributed by atoms with Crippen LogP contribution >= 0.6 is 0 Å². The minimum absolute atomic E-state index is 0.0192. The monoisotopic (exact) mass is 433 g/mol. The molecule has 2 aromatic rings. The number of carbonyl (C=O) groups excluding carboxylic acids is 3. The molecule has 0 N–H and O–H groups in total. The number of fused-ring (bicyclic) bond motifs is 3. The molecule has 3 amide bonds. The number of hydrogen-bond acceptors (Lipinski definition) is 3. The second-order valence-corrected chi connectivity index (χ2v) is 9.32. The molecule has 2 aliphatic heterocycles. The van der Waals surface area contributed by atoms with Gasteiger partial charge in [0.05, 0.1) is 11.3 Å². The van der Waals surface area contributed by atoms with Crippen molar-refractivity contribution in [2.75, 3.05) is 18.5 Å². The van der Waals surface area contributed by atoms with E-state index in [1.54, 1.807) is 27.8 Å². The molecule has 0 aromatic heterocycles. The van der Waals surface area contributed by atoms with Crippen LogP contribution in [0.2, 0.25) is 0 Å². The second kappa shape index (κ2) is 8.41. The summed E-state index contributed by atoms with van der Waals surface area (Å²) >= 11 is 0. The lowest BCUT2D eigenvalue weighted by Crippen LogP contribution is -2.62. The Morgan fingerprint density at radius 1 is 1.09 bits per heavy atom. The number of nitrogens with zero attached hydrogens (tertiary/aromatic N) is 3. The minimum Gasteiger partial charge on any atom is -0.341 e. The Hall–Kier alpha value is -3.15. The molecule has 2 aliphatic rings. The van der Waals surface area contributed by atoms with Crippen LogP contribution in [0.4, 0.5) is 5.69 Å². The van der Waals surface area contributed by atoms with Gasteiger partial charge in [0.2, 0.25) is 11.8 Å². The average Bonchev–Trinajstić information content (AvgIpc) is 3.08. The van der Waals surface area contributed by atoms with Crippen LogP contribution in [0.25, 0.3) is 0 Å². The van der Waals surface area contributed by atoms with Gasteiger partial charge in [-0.2, -0.15) is 0 Å². The summed E-state index contributed by atoms with van der Waals surface area (Å²) in [5, 5.41) is 0. The third-order valence-corrected chi connectivity index (χ3v) is 6.79. The van der Waals surface area contributed by atoms with Gasteiger partial charge in [0.15, 0.2) is 0 Å². The molecule has 0 spiro atoms. The topological polar surface area (TPSA) is 60.9 Å². The largest absolute Gasteiger partial charge is 0.341 e. The first-order chi connectivity index (χ1) is 15.2. The fourth-order valence-electron chi connectivity index (χ4n) is 4.81. The van der Waals surface area contributed by atoms with Gasteiger partial charge in [0.1, 0.15) is 5.66 Å². The van der Waals surface area contributed by atoms with Gasteiger partial charge in [-0.3, -0.25) is 19.3 Å². The number of hydrogen-bond donors (Lipinski definition) is 0. The molecule has 32 heavy (non-hydrogen) atoms. The maximum Gasteiger partial charge on any atom is 0.257 e. The van der Waals surface area contributed by atoms with E-state index >= 15 is 0 Å². The first-order valence-electron chi connectivity index (χ1n) is 11.3. The Morgan fingerprint density at radius 2 is 1.78 bits per heavy atom. The Morgan fingerprint density at radius 3 is 2.47 bits per heavy atom. The average molecular weight is 434 g/mol. The highest BCUT2D eigenvalue weighted by atomic mass is 16.2. The van der Waals surface area contributed by atoms with Crippen molar-refractivity contribution in [2.24, 2.45) is 0 Å². The number of rotatable bonds is 6. The predicted octanol–water partition coefficient (Wildman–Crippen LogP) is 4.16. The summed E-state index contributed by atoms with van der Waals surface area (Å²) in [5.41, 5.74) is 2.82. The molecule has 6 heteroatoms. The van der Waals surface area contributed by atoms with Gasteiger partial charge in [-0.05, 0) is 42.5 Å². The Balaban J connectivity index is 1.46. The fourth-order valence-corrected chi connectivity index (χ4v) is 4.81. The Kier molecular flexibility index (Phi) is 5.80. The number of carbonyl (C=O) groups is 3. The molecule has 0 saturated carbocycles. The summed E-state index contributed by atoms with van der Waals surface area (Å²) in [6, 6.07) is 15.6. The molecule has 1 unspecified atom stereocenters.